The lowest BCUT2D eigenvalue weighted by Crippen LogP contribution is -2.06. The molecule has 7 nitrogen and oxygen atoms in total. The van der Waals surface area contributed by atoms with Gasteiger partial charge in [0, 0.05) is 18.2 Å². The summed E-state index contributed by atoms with van der Waals surface area (Å²) in [6, 6.07) is 5.42. The minimum absolute atomic E-state index is 0.0127. The van der Waals surface area contributed by atoms with E-state index >= 15 is 0 Å². The van der Waals surface area contributed by atoms with Gasteiger partial charge in [-0.2, -0.15) is 0 Å². The fourth-order valence-electron chi connectivity index (χ4n) is 1.88. The number of non-ortho nitro benzene ring substituents is 1. The van der Waals surface area contributed by atoms with Gasteiger partial charge in [-0.3, -0.25) is 10.1 Å². The third-order valence-corrected chi connectivity index (χ3v) is 4.99. The average Bonchev–Trinajstić information content (AvgIpc) is 3.02. The Kier molecular flexibility index (Phi) is 4.57. The fourth-order valence-corrected chi connectivity index (χ4v) is 2.69. The van der Waals surface area contributed by atoms with Gasteiger partial charge in [-0.05, 0) is 44.0 Å². The van der Waals surface area contributed by atoms with E-state index in [1.54, 1.807) is 6.07 Å². The highest BCUT2D eigenvalue weighted by atomic mass is 79.9. The van der Waals surface area contributed by atoms with Crippen molar-refractivity contribution in [2.45, 2.75) is 0 Å². The Morgan fingerprint density at radius 1 is 1.29 bits per heavy atom. The van der Waals surface area contributed by atoms with Gasteiger partial charge >= 0.3 is 5.97 Å². The number of carbonyl (C=O) groups excluding carboxylic acids is 1. The Bertz CT molecular complexity index is 916. The summed E-state index contributed by atoms with van der Waals surface area (Å²) in [6.45, 7) is 0. The molecule has 24 heavy (non-hydrogen) atoms. The Morgan fingerprint density at radius 3 is 2.67 bits per heavy atom. The molecule has 2 aromatic rings. The summed E-state index contributed by atoms with van der Waals surface area (Å²) in [7, 11) is 0. The summed E-state index contributed by atoms with van der Waals surface area (Å²) in [5.74, 6) is -0.448. The predicted molar refractivity (Wildman–Crippen MR) is 92.8 cm³/mol. The maximum atomic E-state index is 11.9. The first-order valence-corrected chi connectivity index (χ1v) is 8.23. The van der Waals surface area contributed by atoms with Crippen molar-refractivity contribution >= 4 is 67.1 Å². The lowest BCUT2D eigenvalue weighted by atomic mass is 10.2. The minimum Gasteiger partial charge on any atom is -0.449 e. The normalized spacial score (nSPS) is 15.5. The van der Waals surface area contributed by atoms with Gasteiger partial charge in [0.15, 0.2) is 10.4 Å². The molecule has 0 saturated heterocycles. The van der Waals surface area contributed by atoms with Crippen LogP contribution in [0.1, 0.15) is 11.3 Å². The molecule has 2 heterocycles. The Balaban J connectivity index is 2.00. The Labute approximate surface area is 156 Å². The zero-order valence-electron chi connectivity index (χ0n) is 11.5. The fraction of sp³-hybridized carbons (Fsp3) is 0. The van der Waals surface area contributed by atoms with Gasteiger partial charge in [0.25, 0.3) is 5.69 Å². The second kappa shape index (κ2) is 6.50. The van der Waals surface area contributed by atoms with Crippen molar-refractivity contribution in [1.29, 1.82) is 0 Å². The van der Waals surface area contributed by atoms with Gasteiger partial charge in [-0.15, -0.1) is 0 Å². The summed E-state index contributed by atoms with van der Waals surface area (Å²) in [5, 5.41) is 11.0. The van der Waals surface area contributed by atoms with Crippen LogP contribution < -0.4 is 0 Å². The smallest absolute Gasteiger partial charge is 0.363 e. The molecule has 0 saturated carbocycles. The third-order valence-electron chi connectivity index (χ3n) is 2.95. The number of rotatable bonds is 3. The van der Waals surface area contributed by atoms with E-state index < -0.39 is 10.9 Å². The zero-order valence-corrected chi connectivity index (χ0v) is 15.4. The van der Waals surface area contributed by atoms with Gasteiger partial charge < -0.3 is 9.15 Å². The molecule has 122 valence electrons. The Hall–Kier alpha value is -1.97. The van der Waals surface area contributed by atoms with Gasteiger partial charge in [0.05, 0.1) is 20.0 Å². The lowest BCUT2D eigenvalue weighted by molar-refractivity contribution is -0.384. The molecule has 0 aliphatic carbocycles. The molecule has 1 aliphatic heterocycles. The largest absolute Gasteiger partial charge is 0.449 e. The van der Waals surface area contributed by atoms with Crippen LogP contribution in [0, 0.1) is 10.1 Å². The van der Waals surface area contributed by atoms with E-state index in [2.05, 4.69) is 36.9 Å². The molecule has 0 amide bonds. The third kappa shape index (κ3) is 3.28. The molecule has 0 spiro atoms. The van der Waals surface area contributed by atoms with E-state index in [1.165, 1.54) is 24.3 Å². The van der Waals surface area contributed by atoms with E-state index in [0.717, 1.165) is 0 Å². The van der Waals surface area contributed by atoms with E-state index in [-0.39, 0.29) is 27.9 Å². The second-order valence-electron chi connectivity index (χ2n) is 4.53. The number of nitro benzene ring substituents is 1. The summed E-state index contributed by atoms with van der Waals surface area (Å²) < 4.78 is 11.5. The SMILES string of the molecule is O=C1OC(c2cc([N+](=O)[O-])ccc2Cl)=N/C1=C\c1cc(Br)c(Br)o1. The van der Waals surface area contributed by atoms with Crippen molar-refractivity contribution in [2.24, 2.45) is 4.99 Å². The molecular formula is C14H5Br2ClN2O5. The number of nitrogens with zero attached hydrogens (tertiary/aromatic N) is 2. The molecule has 1 aromatic carbocycles. The molecule has 0 fully saturated rings. The standard InChI is InChI=1S/C14H5Br2ClN2O5/c15-9-4-7(23-12(9)16)5-11-14(20)24-13(18-11)8-3-6(19(21)22)1-2-10(8)17/h1-5H/b11-5-. The minimum atomic E-state index is -0.712. The quantitative estimate of drug-likeness (QED) is 0.277. The molecule has 0 bridgehead atoms. The van der Waals surface area contributed by atoms with Crippen molar-refractivity contribution in [3.05, 3.63) is 65.6 Å². The van der Waals surface area contributed by atoms with Crippen molar-refractivity contribution in [3.8, 4) is 0 Å². The highest BCUT2D eigenvalue weighted by Gasteiger charge is 2.27. The van der Waals surface area contributed by atoms with Crippen LogP contribution in [0.3, 0.4) is 0 Å². The van der Waals surface area contributed by atoms with E-state index in [9.17, 15) is 14.9 Å². The van der Waals surface area contributed by atoms with E-state index in [4.69, 9.17) is 20.8 Å². The molecule has 10 heteroatoms. The van der Waals surface area contributed by atoms with Crippen LogP contribution in [0.2, 0.25) is 5.02 Å². The second-order valence-corrected chi connectivity index (χ2v) is 6.51. The number of ether oxygens (including phenoxy) is 1. The monoisotopic (exact) mass is 474 g/mol. The highest BCUT2D eigenvalue weighted by molar-refractivity contribution is 9.13. The number of hydrogen-bond donors (Lipinski definition) is 0. The van der Waals surface area contributed by atoms with Gasteiger partial charge in [-0.1, -0.05) is 11.6 Å². The molecule has 0 N–H and O–H groups in total. The summed E-state index contributed by atoms with van der Waals surface area (Å²) in [6.07, 6.45) is 1.39. The molecule has 0 unspecified atom stereocenters. The summed E-state index contributed by atoms with van der Waals surface area (Å²) in [5.41, 5.74) is -0.0461. The number of carbonyl (C=O) groups is 1. The number of halogens is 3. The van der Waals surface area contributed by atoms with Crippen LogP contribution in [-0.2, 0) is 9.53 Å². The maximum Gasteiger partial charge on any atom is 0.363 e. The molecule has 0 atom stereocenters. The van der Waals surface area contributed by atoms with Crippen LogP contribution >= 0.6 is 43.5 Å². The molecular weight excluding hydrogens is 471 g/mol. The number of aliphatic imine (C=N–C) groups is 1. The summed E-state index contributed by atoms with van der Waals surface area (Å²) in [4.78, 5) is 26.3. The summed E-state index contributed by atoms with van der Waals surface area (Å²) >= 11 is 12.5. The molecule has 0 radical (unpaired) electrons. The number of nitro groups is 1. The molecule has 1 aromatic heterocycles. The Morgan fingerprint density at radius 2 is 2.04 bits per heavy atom. The van der Waals surface area contributed by atoms with Crippen LogP contribution in [0.15, 0.2) is 48.5 Å². The van der Waals surface area contributed by atoms with Crippen molar-refractivity contribution in [1.82, 2.24) is 0 Å². The first-order chi connectivity index (χ1) is 11.3. The van der Waals surface area contributed by atoms with Crippen LogP contribution in [0.25, 0.3) is 6.08 Å². The molecule has 1 aliphatic rings. The van der Waals surface area contributed by atoms with Crippen molar-refractivity contribution in [3.63, 3.8) is 0 Å². The zero-order chi connectivity index (χ0) is 17.4. The predicted octanol–water partition coefficient (Wildman–Crippen LogP) is 4.71. The maximum absolute atomic E-state index is 11.9. The van der Waals surface area contributed by atoms with E-state index in [1.807, 2.05) is 0 Å². The topological polar surface area (TPSA) is 94.9 Å². The first kappa shape index (κ1) is 16.9. The van der Waals surface area contributed by atoms with E-state index in [0.29, 0.717) is 14.9 Å². The molecule has 3 rings (SSSR count). The van der Waals surface area contributed by atoms with Gasteiger partial charge in [0.1, 0.15) is 5.76 Å². The van der Waals surface area contributed by atoms with Gasteiger partial charge in [-0.25, -0.2) is 9.79 Å². The lowest BCUT2D eigenvalue weighted by Gasteiger charge is -2.02. The number of benzene rings is 1. The number of furan rings is 1. The van der Waals surface area contributed by atoms with Crippen LogP contribution in [0.5, 0.6) is 0 Å². The highest BCUT2D eigenvalue weighted by Crippen LogP contribution is 2.30. The number of esters is 1. The average molecular weight is 476 g/mol. The first-order valence-electron chi connectivity index (χ1n) is 6.27. The van der Waals surface area contributed by atoms with Crippen molar-refractivity contribution < 1.29 is 18.9 Å². The number of hydrogen-bond acceptors (Lipinski definition) is 6. The number of cyclic esters (lactones) is 1. The van der Waals surface area contributed by atoms with Crippen LogP contribution in [-0.4, -0.2) is 16.8 Å². The van der Waals surface area contributed by atoms with Crippen LogP contribution in [0.4, 0.5) is 5.69 Å². The van der Waals surface area contributed by atoms with Crippen molar-refractivity contribution in [2.75, 3.05) is 0 Å². The van der Waals surface area contributed by atoms with Gasteiger partial charge in [0.2, 0.25) is 5.90 Å².